The Morgan fingerprint density at radius 3 is 2.67 bits per heavy atom. The van der Waals surface area contributed by atoms with Gasteiger partial charge in [-0.2, -0.15) is 0 Å². The Morgan fingerprint density at radius 2 is 1.86 bits per heavy atom. The van der Waals surface area contributed by atoms with E-state index in [1.165, 1.54) is 32.1 Å². The van der Waals surface area contributed by atoms with Crippen molar-refractivity contribution in [3.05, 3.63) is 0 Å². The molecule has 118 valence electrons. The van der Waals surface area contributed by atoms with Crippen LogP contribution in [0.4, 0.5) is 0 Å². The van der Waals surface area contributed by atoms with Crippen LogP contribution in [0.2, 0.25) is 0 Å². The highest BCUT2D eigenvalue weighted by Gasteiger charge is 2.57. The zero-order valence-corrected chi connectivity index (χ0v) is 13.6. The molecule has 4 saturated carbocycles. The third-order valence-corrected chi connectivity index (χ3v) is 8.11. The molecule has 0 saturated heterocycles. The number of aliphatic hydroxyl groups excluding tert-OH is 1. The summed E-state index contributed by atoms with van der Waals surface area (Å²) in [6, 6.07) is 0. The Bertz CT molecular complexity index is 445. The first-order valence-electron chi connectivity index (χ1n) is 9.21. The van der Waals surface area contributed by atoms with E-state index in [0.717, 1.165) is 42.9 Å². The Morgan fingerprint density at radius 1 is 1.05 bits per heavy atom. The van der Waals surface area contributed by atoms with Crippen molar-refractivity contribution < 1.29 is 9.90 Å². The van der Waals surface area contributed by atoms with Crippen molar-refractivity contribution in [1.29, 1.82) is 0 Å². The summed E-state index contributed by atoms with van der Waals surface area (Å²) in [5.41, 5.74) is 0.199. The van der Waals surface area contributed by atoms with E-state index < -0.39 is 0 Å². The molecule has 2 heteroatoms. The second kappa shape index (κ2) is 4.81. The van der Waals surface area contributed by atoms with Gasteiger partial charge in [0.2, 0.25) is 0 Å². The number of hydrogen-bond donors (Lipinski definition) is 1. The standard InChI is InChI=1S/C19H30O2/c1-11-9-15-12(10-17(11)20)3-4-14-13(15)7-8-19(2)16(14)5-6-18(19)21/h11-16,18,21H,3-10H2,1-2H3/t11-,12+,13+,14-,15+,16+,18+,19+/m1/s1. The summed E-state index contributed by atoms with van der Waals surface area (Å²) in [6.07, 6.45) is 9.32. The van der Waals surface area contributed by atoms with Crippen LogP contribution in [0.1, 0.15) is 65.2 Å². The molecule has 4 aliphatic carbocycles. The van der Waals surface area contributed by atoms with Gasteiger partial charge in [-0.1, -0.05) is 13.8 Å². The first kappa shape index (κ1) is 14.2. The van der Waals surface area contributed by atoms with Crippen LogP contribution in [0, 0.1) is 40.9 Å². The summed E-state index contributed by atoms with van der Waals surface area (Å²) in [5, 5.41) is 10.4. The summed E-state index contributed by atoms with van der Waals surface area (Å²) < 4.78 is 0. The van der Waals surface area contributed by atoms with E-state index >= 15 is 0 Å². The summed E-state index contributed by atoms with van der Waals surface area (Å²) in [7, 11) is 0. The number of Topliss-reactive ketones (excluding diaryl/α,β-unsaturated/α-hetero) is 1. The lowest BCUT2D eigenvalue weighted by Gasteiger charge is -2.55. The van der Waals surface area contributed by atoms with E-state index in [1.807, 2.05) is 0 Å². The zero-order chi connectivity index (χ0) is 14.8. The van der Waals surface area contributed by atoms with Gasteiger partial charge in [0.1, 0.15) is 5.78 Å². The molecule has 0 heterocycles. The van der Waals surface area contributed by atoms with Crippen molar-refractivity contribution >= 4 is 5.78 Å². The van der Waals surface area contributed by atoms with Gasteiger partial charge in [0, 0.05) is 12.3 Å². The molecule has 0 amide bonds. The minimum atomic E-state index is -0.0620. The molecule has 0 aromatic carbocycles. The van der Waals surface area contributed by atoms with E-state index in [-0.39, 0.29) is 11.5 Å². The predicted octanol–water partition coefficient (Wildman–Crippen LogP) is 3.82. The lowest BCUT2D eigenvalue weighted by Crippen LogP contribution is -2.50. The summed E-state index contributed by atoms with van der Waals surface area (Å²) in [6.45, 7) is 4.50. The number of ketones is 1. The van der Waals surface area contributed by atoms with E-state index in [1.54, 1.807) is 0 Å². The molecule has 0 bridgehead atoms. The quantitative estimate of drug-likeness (QED) is 0.736. The van der Waals surface area contributed by atoms with Crippen molar-refractivity contribution in [1.82, 2.24) is 0 Å². The highest BCUT2D eigenvalue weighted by molar-refractivity contribution is 5.81. The maximum absolute atomic E-state index is 12.1. The normalized spacial score (nSPS) is 56.5. The second-order valence-electron chi connectivity index (χ2n) is 8.88. The lowest BCUT2D eigenvalue weighted by atomic mass is 9.50. The predicted molar refractivity (Wildman–Crippen MR) is 82.7 cm³/mol. The highest BCUT2D eigenvalue weighted by atomic mass is 16.3. The molecule has 4 fully saturated rings. The van der Waals surface area contributed by atoms with Crippen LogP contribution in [0.5, 0.6) is 0 Å². The molecule has 4 aliphatic rings. The monoisotopic (exact) mass is 290 g/mol. The number of hydrogen-bond acceptors (Lipinski definition) is 2. The average Bonchev–Trinajstić information content (AvgIpc) is 2.76. The molecular formula is C19H30O2. The zero-order valence-electron chi connectivity index (χ0n) is 13.6. The molecule has 0 aromatic rings. The molecule has 0 spiro atoms. The van der Waals surface area contributed by atoms with Crippen LogP contribution in [0.25, 0.3) is 0 Å². The fourth-order valence-corrected chi connectivity index (χ4v) is 6.83. The van der Waals surface area contributed by atoms with Crippen LogP contribution < -0.4 is 0 Å². The van der Waals surface area contributed by atoms with Crippen molar-refractivity contribution in [2.75, 3.05) is 0 Å². The van der Waals surface area contributed by atoms with E-state index in [9.17, 15) is 9.90 Å². The van der Waals surface area contributed by atoms with Crippen molar-refractivity contribution in [3.63, 3.8) is 0 Å². The molecule has 0 aliphatic heterocycles. The largest absolute Gasteiger partial charge is 0.393 e. The Kier molecular flexibility index (Phi) is 3.26. The third kappa shape index (κ3) is 1.97. The van der Waals surface area contributed by atoms with Gasteiger partial charge in [0.15, 0.2) is 0 Å². The maximum Gasteiger partial charge on any atom is 0.135 e. The molecule has 4 rings (SSSR count). The third-order valence-electron chi connectivity index (χ3n) is 8.11. The molecule has 0 radical (unpaired) electrons. The van der Waals surface area contributed by atoms with Gasteiger partial charge in [0.25, 0.3) is 0 Å². The van der Waals surface area contributed by atoms with E-state index in [0.29, 0.717) is 17.6 Å². The summed E-state index contributed by atoms with van der Waals surface area (Å²) >= 11 is 0. The smallest absolute Gasteiger partial charge is 0.135 e. The lowest BCUT2D eigenvalue weighted by molar-refractivity contribution is -0.133. The van der Waals surface area contributed by atoms with Crippen molar-refractivity contribution in [2.24, 2.45) is 40.9 Å². The summed E-state index contributed by atoms with van der Waals surface area (Å²) in [4.78, 5) is 12.1. The Hall–Kier alpha value is -0.370. The van der Waals surface area contributed by atoms with Gasteiger partial charge in [-0.3, -0.25) is 4.79 Å². The molecule has 21 heavy (non-hydrogen) atoms. The van der Waals surface area contributed by atoms with Gasteiger partial charge in [-0.25, -0.2) is 0 Å². The Labute approximate surface area is 128 Å². The highest BCUT2D eigenvalue weighted by Crippen LogP contribution is 2.62. The van der Waals surface area contributed by atoms with Crippen LogP contribution in [-0.4, -0.2) is 17.0 Å². The first-order chi connectivity index (χ1) is 10.0. The number of rotatable bonds is 0. The maximum atomic E-state index is 12.1. The van der Waals surface area contributed by atoms with Gasteiger partial charge >= 0.3 is 0 Å². The van der Waals surface area contributed by atoms with Crippen LogP contribution in [0.15, 0.2) is 0 Å². The van der Waals surface area contributed by atoms with Gasteiger partial charge in [0.05, 0.1) is 6.10 Å². The molecular weight excluding hydrogens is 260 g/mol. The number of carbonyl (C=O) groups excluding carboxylic acids is 1. The van der Waals surface area contributed by atoms with Crippen LogP contribution >= 0.6 is 0 Å². The molecule has 0 unspecified atom stereocenters. The fourth-order valence-electron chi connectivity index (χ4n) is 6.83. The summed E-state index contributed by atoms with van der Waals surface area (Å²) in [5.74, 6) is 4.74. The van der Waals surface area contributed by atoms with E-state index in [2.05, 4.69) is 13.8 Å². The van der Waals surface area contributed by atoms with Crippen LogP contribution in [-0.2, 0) is 4.79 Å². The molecule has 2 nitrogen and oxygen atoms in total. The molecule has 1 N–H and O–H groups in total. The fraction of sp³-hybridized carbons (Fsp3) is 0.947. The van der Waals surface area contributed by atoms with Gasteiger partial charge in [-0.05, 0) is 80.0 Å². The molecule has 8 atom stereocenters. The number of fused-ring (bicyclic) bond motifs is 5. The Balaban J connectivity index is 1.58. The SMILES string of the molecule is C[C@@H]1C[C@H]2[C@@H](CC[C@@H]3[C@@H]2CC[C@]2(C)[C@@H](O)CC[C@@H]32)CC1=O. The number of aliphatic hydroxyl groups is 1. The average molecular weight is 290 g/mol. The second-order valence-corrected chi connectivity index (χ2v) is 8.88. The van der Waals surface area contributed by atoms with Gasteiger partial charge in [-0.15, -0.1) is 0 Å². The van der Waals surface area contributed by atoms with E-state index in [4.69, 9.17) is 0 Å². The molecule has 0 aromatic heterocycles. The van der Waals surface area contributed by atoms with Crippen molar-refractivity contribution in [2.45, 2.75) is 71.3 Å². The minimum absolute atomic E-state index is 0.0620. The first-order valence-corrected chi connectivity index (χ1v) is 9.21. The van der Waals surface area contributed by atoms with Gasteiger partial charge < -0.3 is 5.11 Å². The topological polar surface area (TPSA) is 37.3 Å². The van der Waals surface area contributed by atoms with Crippen molar-refractivity contribution in [3.8, 4) is 0 Å². The number of carbonyl (C=O) groups is 1. The van der Waals surface area contributed by atoms with Crippen LogP contribution in [0.3, 0.4) is 0 Å². The minimum Gasteiger partial charge on any atom is -0.393 e.